The van der Waals surface area contributed by atoms with Crippen LogP contribution in [0.3, 0.4) is 0 Å². The van der Waals surface area contributed by atoms with Gasteiger partial charge in [-0.3, -0.25) is 4.79 Å². The van der Waals surface area contributed by atoms with Gasteiger partial charge in [-0.15, -0.1) is 11.8 Å². The number of benzene rings is 2. The number of ether oxygens (including phenoxy) is 2. The molecule has 0 spiro atoms. The molecule has 132 valence electrons. The van der Waals surface area contributed by atoms with E-state index in [1.165, 1.54) is 0 Å². The molecule has 0 bridgehead atoms. The largest absolute Gasteiger partial charge is 0.493 e. The van der Waals surface area contributed by atoms with Crippen LogP contribution in [-0.4, -0.2) is 30.9 Å². The Kier molecular flexibility index (Phi) is 6.16. The molecule has 1 saturated heterocycles. The Balaban J connectivity index is 1.42. The summed E-state index contributed by atoms with van der Waals surface area (Å²) in [5.41, 5.74) is 6.91. The summed E-state index contributed by atoms with van der Waals surface area (Å²) >= 11 is 1.56. The van der Waals surface area contributed by atoms with Crippen molar-refractivity contribution in [2.24, 2.45) is 0 Å². The molecule has 0 aliphatic carbocycles. The highest BCUT2D eigenvalue weighted by molar-refractivity contribution is 7.99. The number of hydrazine groups is 1. The van der Waals surface area contributed by atoms with Gasteiger partial charge in [0.1, 0.15) is 11.5 Å². The van der Waals surface area contributed by atoms with Crippen LogP contribution in [0.5, 0.6) is 11.5 Å². The lowest BCUT2D eigenvalue weighted by Gasteiger charge is -2.31. The van der Waals surface area contributed by atoms with Gasteiger partial charge in [-0.25, -0.2) is 10.9 Å². The van der Waals surface area contributed by atoms with Crippen LogP contribution in [0.4, 0.5) is 0 Å². The molecule has 2 aromatic rings. The van der Waals surface area contributed by atoms with Crippen molar-refractivity contribution >= 4 is 17.7 Å². The van der Waals surface area contributed by atoms with Crippen molar-refractivity contribution in [1.29, 1.82) is 0 Å². The van der Waals surface area contributed by atoms with Crippen molar-refractivity contribution in [3.05, 3.63) is 60.2 Å². The van der Waals surface area contributed by atoms with E-state index in [1.54, 1.807) is 18.9 Å². The fourth-order valence-corrected chi connectivity index (χ4v) is 3.26. The van der Waals surface area contributed by atoms with Crippen molar-refractivity contribution in [1.82, 2.24) is 16.2 Å². The molecule has 2 unspecified atom stereocenters. The minimum absolute atomic E-state index is 0.0481. The second-order valence-electron chi connectivity index (χ2n) is 5.39. The van der Waals surface area contributed by atoms with Crippen molar-refractivity contribution in [2.45, 2.75) is 11.5 Å². The van der Waals surface area contributed by atoms with Gasteiger partial charge in [0.25, 0.3) is 0 Å². The normalized spacial score (nSPS) is 20.0. The van der Waals surface area contributed by atoms with Crippen LogP contribution < -0.4 is 25.6 Å². The van der Waals surface area contributed by atoms with Crippen LogP contribution >= 0.6 is 11.8 Å². The van der Waals surface area contributed by atoms with E-state index in [4.69, 9.17) is 9.47 Å². The molecular formula is C18H21N3O3S. The van der Waals surface area contributed by atoms with E-state index in [0.29, 0.717) is 23.9 Å². The lowest BCUT2D eigenvalue weighted by molar-refractivity contribution is -0.125. The highest BCUT2D eigenvalue weighted by atomic mass is 32.2. The first kappa shape index (κ1) is 17.6. The number of rotatable bonds is 7. The molecule has 1 heterocycles. The summed E-state index contributed by atoms with van der Waals surface area (Å²) in [5.74, 6) is 2.10. The molecule has 2 atom stereocenters. The van der Waals surface area contributed by atoms with E-state index >= 15 is 0 Å². The number of thioether (sulfide) groups is 1. The van der Waals surface area contributed by atoms with E-state index in [-0.39, 0.29) is 17.4 Å². The SMILES string of the molecule is COc1ccccc1OCCSC1NNC(c2ccccc2)C(=O)N1. The quantitative estimate of drug-likeness (QED) is 0.658. The van der Waals surface area contributed by atoms with Crippen LogP contribution in [0.25, 0.3) is 0 Å². The average Bonchev–Trinajstić information content (AvgIpc) is 2.66. The first-order valence-corrected chi connectivity index (χ1v) is 9.06. The molecule has 3 N–H and O–H groups in total. The van der Waals surface area contributed by atoms with Gasteiger partial charge >= 0.3 is 0 Å². The van der Waals surface area contributed by atoms with Crippen LogP contribution in [0.1, 0.15) is 11.6 Å². The number of carbonyl (C=O) groups excluding carboxylic acids is 1. The summed E-state index contributed by atoms with van der Waals surface area (Å²) in [6, 6.07) is 16.8. The number of methoxy groups -OCH3 is 1. The van der Waals surface area contributed by atoms with Gasteiger partial charge in [-0.05, 0) is 17.7 Å². The third kappa shape index (κ3) is 4.66. The molecule has 1 aliphatic rings. The van der Waals surface area contributed by atoms with Gasteiger partial charge in [-0.1, -0.05) is 42.5 Å². The van der Waals surface area contributed by atoms with Crippen molar-refractivity contribution < 1.29 is 14.3 Å². The van der Waals surface area contributed by atoms with E-state index in [9.17, 15) is 4.79 Å². The molecule has 0 saturated carbocycles. The number of nitrogens with one attached hydrogen (secondary N) is 3. The van der Waals surface area contributed by atoms with Gasteiger partial charge in [0.2, 0.25) is 5.91 Å². The second-order valence-corrected chi connectivity index (χ2v) is 6.60. The summed E-state index contributed by atoms with van der Waals surface area (Å²) in [7, 11) is 1.62. The molecule has 2 aromatic carbocycles. The van der Waals surface area contributed by atoms with Crippen LogP contribution in [0.2, 0.25) is 0 Å². The Labute approximate surface area is 151 Å². The molecule has 7 heteroatoms. The number of carbonyl (C=O) groups is 1. The molecule has 1 fully saturated rings. The molecule has 3 rings (SSSR count). The lowest BCUT2D eigenvalue weighted by atomic mass is 10.1. The minimum Gasteiger partial charge on any atom is -0.493 e. The van der Waals surface area contributed by atoms with Crippen LogP contribution in [0, 0.1) is 0 Å². The summed E-state index contributed by atoms with van der Waals surface area (Å²) in [6.45, 7) is 0.515. The Bertz CT molecular complexity index is 699. The average molecular weight is 359 g/mol. The molecule has 1 aliphatic heterocycles. The number of hydrogen-bond donors (Lipinski definition) is 3. The Hall–Kier alpha value is -2.22. The van der Waals surface area contributed by atoms with Gasteiger partial charge in [0.15, 0.2) is 11.5 Å². The highest BCUT2D eigenvalue weighted by Crippen LogP contribution is 2.26. The monoisotopic (exact) mass is 359 g/mol. The van der Waals surface area contributed by atoms with Crippen molar-refractivity contribution in [2.75, 3.05) is 19.5 Å². The van der Waals surface area contributed by atoms with E-state index in [2.05, 4.69) is 16.2 Å². The summed E-state index contributed by atoms with van der Waals surface area (Å²) in [5, 5.41) is 2.96. The van der Waals surface area contributed by atoms with Gasteiger partial charge in [0, 0.05) is 5.75 Å². The van der Waals surface area contributed by atoms with Gasteiger partial charge in [-0.2, -0.15) is 0 Å². The maximum atomic E-state index is 12.3. The van der Waals surface area contributed by atoms with Gasteiger partial charge < -0.3 is 14.8 Å². The zero-order chi connectivity index (χ0) is 17.5. The second kappa shape index (κ2) is 8.75. The minimum atomic E-state index is -0.386. The van der Waals surface area contributed by atoms with Gasteiger partial charge in [0.05, 0.1) is 13.7 Å². The first-order chi connectivity index (χ1) is 12.3. The molecule has 1 amide bonds. The fraction of sp³-hybridized carbons (Fsp3) is 0.278. The fourth-order valence-electron chi connectivity index (χ4n) is 2.49. The molecule has 0 radical (unpaired) electrons. The Morgan fingerprint density at radius 2 is 1.72 bits per heavy atom. The standard InChI is InChI=1S/C18H21N3O3S/c1-23-14-9-5-6-10-15(14)24-11-12-25-18-19-17(22)16(20-21-18)13-7-3-2-4-8-13/h2-10,16,18,20-21H,11-12H2,1H3,(H,19,22). The zero-order valence-electron chi connectivity index (χ0n) is 13.9. The van der Waals surface area contributed by atoms with E-state index in [0.717, 1.165) is 5.56 Å². The predicted molar refractivity (Wildman–Crippen MR) is 98.3 cm³/mol. The summed E-state index contributed by atoms with van der Waals surface area (Å²) in [6.07, 6.45) is 0. The molecule has 0 aromatic heterocycles. The summed E-state index contributed by atoms with van der Waals surface area (Å²) < 4.78 is 11.0. The molecular weight excluding hydrogens is 338 g/mol. The first-order valence-electron chi connectivity index (χ1n) is 8.02. The number of amides is 1. The maximum Gasteiger partial charge on any atom is 0.244 e. The van der Waals surface area contributed by atoms with E-state index in [1.807, 2.05) is 54.6 Å². The number of para-hydroxylation sites is 2. The van der Waals surface area contributed by atoms with E-state index < -0.39 is 0 Å². The topological polar surface area (TPSA) is 71.6 Å². The van der Waals surface area contributed by atoms with Crippen molar-refractivity contribution in [3.63, 3.8) is 0 Å². The third-order valence-electron chi connectivity index (χ3n) is 3.72. The highest BCUT2D eigenvalue weighted by Gasteiger charge is 2.28. The third-order valence-corrected chi connectivity index (χ3v) is 4.69. The number of hydrogen-bond acceptors (Lipinski definition) is 6. The van der Waals surface area contributed by atoms with Crippen LogP contribution in [0.15, 0.2) is 54.6 Å². The lowest BCUT2D eigenvalue weighted by Crippen LogP contribution is -2.60. The maximum absolute atomic E-state index is 12.3. The molecule has 25 heavy (non-hydrogen) atoms. The zero-order valence-corrected chi connectivity index (χ0v) is 14.7. The molecule has 6 nitrogen and oxygen atoms in total. The Morgan fingerprint density at radius 1 is 1.00 bits per heavy atom. The smallest absolute Gasteiger partial charge is 0.244 e. The predicted octanol–water partition coefficient (Wildman–Crippen LogP) is 2.06. The summed E-state index contributed by atoms with van der Waals surface area (Å²) in [4.78, 5) is 12.3. The van der Waals surface area contributed by atoms with Crippen molar-refractivity contribution in [3.8, 4) is 11.5 Å². The van der Waals surface area contributed by atoms with Crippen LogP contribution in [-0.2, 0) is 4.79 Å². The Morgan fingerprint density at radius 3 is 2.44 bits per heavy atom.